The minimum absolute atomic E-state index is 0.110. The zero-order valence-corrected chi connectivity index (χ0v) is 17.1. The molecule has 3 aliphatic rings. The van der Waals surface area contributed by atoms with E-state index in [1.54, 1.807) is 0 Å². The van der Waals surface area contributed by atoms with Gasteiger partial charge in [0.05, 0.1) is 39.6 Å². The highest BCUT2D eigenvalue weighted by Crippen LogP contribution is 2.76. The number of hydrogen-bond donors (Lipinski definition) is 2. The SMILES string of the molecule is COC(=O)C1=C(O)[C@H](C(=O)OC)[C@]23CCCC[C@]12[C@H](C(=O)OC)C(O)=C3C(=O)OC. The van der Waals surface area contributed by atoms with Crippen molar-refractivity contribution in [1.29, 1.82) is 0 Å². The fourth-order valence-corrected chi connectivity index (χ4v) is 5.89. The molecule has 4 atom stereocenters. The van der Waals surface area contributed by atoms with E-state index >= 15 is 0 Å². The van der Waals surface area contributed by atoms with E-state index in [0.717, 1.165) is 28.4 Å². The van der Waals surface area contributed by atoms with Crippen molar-refractivity contribution in [3.8, 4) is 0 Å². The quantitative estimate of drug-likeness (QED) is 0.497. The number of rotatable bonds is 4. The van der Waals surface area contributed by atoms with Gasteiger partial charge >= 0.3 is 23.9 Å². The summed E-state index contributed by atoms with van der Waals surface area (Å²) in [6, 6.07) is 0. The van der Waals surface area contributed by atoms with Crippen LogP contribution < -0.4 is 0 Å². The number of carbonyl (C=O) groups is 4. The van der Waals surface area contributed by atoms with Crippen LogP contribution in [0.25, 0.3) is 0 Å². The summed E-state index contributed by atoms with van der Waals surface area (Å²) in [6.07, 6.45) is 1.22. The molecule has 0 unspecified atom stereocenters. The van der Waals surface area contributed by atoms with Crippen molar-refractivity contribution in [2.24, 2.45) is 22.7 Å². The molecule has 3 rings (SSSR count). The van der Waals surface area contributed by atoms with Crippen LogP contribution in [0.2, 0.25) is 0 Å². The molecule has 10 heteroatoms. The summed E-state index contributed by atoms with van der Waals surface area (Å²) in [5.74, 6) is -8.09. The van der Waals surface area contributed by atoms with Gasteiger partial charge in [-0.15, -0.1) is 0 Å². The normalized spacial score (nSPS) is 32.3. The lowest BCUT2D eigenvalue weighted by molar-refractivity contribution is -0.161. The molecule has 1 saturated carbocycles. The number of aliphatic hydroxyl groups excluding tert-OH is 2. The number of ether oxygens (including phenoxy) is 4. The van der Waals surface area contributed by atoms with Gasteiger partial charge in [-0.3, -0.25) is 9.59 Å². The van der Waals surface area contributed by atoms with E-state index in [4.69, 9.17) is 18.9 Å². The Kier molecular flexibility index (Phi) is 5.30. The monoisotopic (exact) mass is 424 g/mol. The van der Waals surface area contributed by atoms with Crippen molar-refractivity contribution < 1.29 is 48.3 Å². The first kappa shape index (κ1) is 21.7. The number of esters is 4. The summed E-state index contributed by atoms with van der Waals surface area (Å²) >= 11 is 0. The molecule has 0 aromatic carbocycles. The predicted octanol–water partition coefficient (Wildman–Crippen LogP) is 1.11. The van der Waals surface area contributed by atoms with Gasteiger partial charge in [-0.1, -0.05) is 12.8 Å². The Hall–Kier alpha value is -3.04. The fourth-order valence-electron chi connectivity index (χ4n) is 5.89. The smallest absolute Gasteiger partial charge is 0.337 e. The molecule has 0 aliphatic heterocycles. The summed E-state index contributed by atoms with van der Waals surface area (Å²) in [7, 11) is 4.37. The topological polar surface area (TPSA) is 146 Å². The number of aliphatic hydroxyl groups is 2. The van der Waals surface area contributed by atoms with E-state index < -0.39 is 58.1 Å². The van der Waals surface area contributed by atoms with Crippen molar-refractivity contribution in [2.75, 3.05) is 28.4 Å². The van der Waals surface area contributed by atoms with Crippen LogP contribution in [0.5, 0.6) is 0 Å². The zero-order valence-electron chi connectivity index (χ0n) is 17.1. The van der Waals surface area contributed by atoms with Crippen molar-refractivity contribution in [3.05, 3.63) is 22.7 Å². The van der Waals surface area contributed by atoms with Gasteiger partial charge in [0.15, 0.2) is 0 Å². The molecule has 0 radical (unpaired) electrons. The number of carbonyl (C=O) groups excluding carboxylic acids is 4. The molecule has 0 saturated heterocycles. The van der Waals surface area contributed by atoms with Crippen molar-refractivity contribution in [3.63, 3.8) is 0 Å². The lowest BCUT2D eigenvalue weighted by Gasteiger charge is -2.49. The Morgan fingerprint density at radius 3 is 1.30 bits per heavy atom. The molecule has 30 heavy (non-hydrogen) atoms. The molecule has 0 aromatic heterocycles. The first-order valence-electron chi connectivity index (χ1n) is 9.40. The second-order valence-corrected chi connectivity index (χ2v) is 7.57. The van der Waals surface area contributed by atoms with E-state index in [1.165, 1.54) is 0 Å². The van der Waals surface area contributed by atoms with Crippen LogP contribution in [0.15, 0.2) is 22.7 Å². The van der Waals surface area contributed by atoms with Crippen LogP contribution >= 0.6 is 0 Å². The average Bonchev–Trinajstić information content (AvgIpc) is 3.11. The molecular formula is C20H24O10. The molecule has 10 nitrogen and oxygen atoms in total. The van der Waals surface area contributed by atoms with Gasteiger partial charge in [-0.2, -0.15) is 0 Å². The van der Waals surface area contributed by atoms with Gasteiger partial charge in [0.2, 0.25) is 0 Å². The van der Waals surface area contributed by atoms with Crippen molar-refractivity contribution in [1.82, 2.24) is 0 Å². The van der Waals surface area contributed by atoms with E-state index in [1.807, 2.05) is 0 Å². The van der Waals surface area contributed by atoms with Gasteiger partial charge in [0.25, 0.3) is 0 Å². The van der Waals surface area contributed by atoms with Crippen LogP contribution in [0.4, 0.5) is 0 Å². The first-order chi connectivity index (χ1) is 14.2. The summed E-state index contributed by atoms with van der Waals surface area (Å²) < 4.78 is 19.5. The first-order valence-corrected chi connectivity index (χ1v) is 9.40. The molecule has 164 valence electrons. The number of methoxy groups -OCH3 is 4. The van der Waals surface area contributed by atoms with Gasteiger partial charge in [-0.25, -0.2) is 9.59 Å². The van der Waals surface area contributed by atoms with E-state index in [9.17, 15) is 29.4 Å². The van der Waals surface area contributed by atoms with Gasteiger partial charge in [0, 0.05) is 10.8 Å². The molecule has 0 aromatic rings. The molecule has 2 N–H and O–H groups in total. The number of hydrogen-bond acceptors (Lipinski definition) is 10. The maximum atomic E-state index is 12.8. The van der Waals surface area contributed by atoms with Gasteiger partial charge in [0.1, 0.15) is 23.4 Å². The largest absolute Gasteiger partial charge is 0.511 e. The predicted molar refractivity (Wildman–Crippen MR) is 97.7 cm³/mol. The Morgan fingerprint density at radius 1 is 0.700 bits per heavy atom. The second-order valence-electron chi connectivity index (χ2n) is 7.57. The molecule has 0 heterocycles. The van der Waals surface area contributed by atoms with Crippen LogP contribution in [-0.2, 0) is 38.1 Å². The Labute approximate surface area is 172 Å². The molecule has 0 amide bonds. The second kappa shape index (κ2) is 7.33. The average molecular weight is 424 g/mol. The Morgan fingerprint density at radius 2 is 1.03 bits per heavy atom. The summed E-state index contributed by atoms with van der Waals surface area (Å²) in [5.41, 5.74) is -3.94. The molecule has 0 bridgehead atoms. The fraction of sp³-hybridized carbons (Fsp3) is 0.600. The maximum absolute atomic E-state index is 12.8. The Bertz CT molecular complexity index is 812. The van der Waals surface area contributed by atoms with Gasteiger partial charge in [-0.05, 0) is 12.8 Å². The third-order valence-electron chi connectivity index (χ3n) is 6.78. The Balaban J connectivity index is 2.48. The zero-order chi connectivity index (χ0) is 22.4. The minimum atomic E-state index is -1.64. The molecule has 1 fully saturated rings. The lowest BCUT2D eigenvalue weighted by Crippen LogP contribution is -2.53. The van der Waals surface area contributed by atoms with Crippen LogP contribution in [0, 0.1) is 22.7 Å². The van der Waals surface area contributed by atoms with Crippen molar-refractivity contribution >= 4 is 23.9 Å². The van der Waals surface area contributed by atoms with Crippen LogP contribution in [-0.4, -0.2) is 62.5 Å². The van der Waals surface area contributed by atoms with E-state index in [-0.39, 0.29) is 24.0 Å². The highest BCUT2D eigenvalue weighted by atomic mass is 16.5. The molecule has 0 spiro atoms. The third kappa shape index (κ3) is 2.30. The minimum Gasteiger partial charge on any atom is -0.511 e. The summed E-state index contributed by atoms with van der Waals surface area (Å²) in [4.78, 5) is 51.3. The van der Waals surface area contributed by atoms with E-state index in [2.05, 4.69) is 0 Å². The van der Waals surface area contributed by atoms with Crippen LogP contribution in [0.3, 0.4) is 0 Å². The lowest BCUT2D eigenvalue weighted by atomic mass is 9.50. The highest BCUT2D eigenvalue weighted by Gasteiger charge is 2.79. The van der Waals surface area contributed by atoms with Crippen molar-refractivity contribution in [2.45, 2.75) is 25.7 Å². The molecular weight excluding hydrogens is 400 g/mol. The summed E-state index contributed by atoms with van der Waals surface area (Å²) in [6.45, 7) is 0. The van der Waals surface area contributed by atoms with Gasteiger partial charge < -0.3 is 29.2 Å². The third-order valence-corrected chi connectivity index (χ3v) is 6.78. The molecule has 3 aliphatic carbocycles. The standard InChI is InChI=1S/C20H24O10/c1-27-15(23)9-13(21)10(16(24)28-2)20-8-6-5-7-19(9,20)11(17(25)29-3)14(22)12(20)18(26)30-4/h9,12,21-22H,5-8H2,1-4H3/t9-,12+,19-,20+/m0/s1. The van der Waals surface area contributed by atoms with E-state index in [0.29, 0.717) is 12.8 Å². The highest BCUT2D eigenvalue weighted by molar-refractivity contribution is 6.03. The summed E-state index contributed by atoms with van der Waals surface area (Å²) in [5, 5.41) is 22.2. The maximum Gasteiger partial charge on any atom is 0.337 e. The van der Waals surface area contributed by atoms with Crippen LogP contribution in [0.1, 0.15) is 25.7 Å².